The van der Waals surface area contributed by atoms with Gasteiger partial charge < -0.3 is 15.4 Å². The van der Waals surface area contributed by atoms with Gasteiger partial charge in [0.2, 0.25) is 5.91 Å². The maximum atomic E-state index is 11.7. The van der Waals surface area contributed by atoms with Crippen LogP contribution < -0.4 is 10.6 Å². The lowest BCUT2D eigenvalue weighted by atomic mass is 10.2. The molecule has 0 heterocycles. The molecular formula is C14H18N2O4. The Morgan fingerprint density at radius 2 is 1.85 bits per heavy atom. The molecule has 6 nitrogen and oxygen atoms in total. The van der Waals surface area contributed by atoms with Gasteiger partial charge in [-0.15, -0.1) is 0 Å². The Morgan fingerprint density at radius 1 is 1.20 bits per heavy atom. The first-order valence-electron chi connectivity index (χ1n) is 6.29. The van der Waals surface area contributed by atoms with Crippen LogP contribution in [0.25, 0.3) is 0 Å². The molecule has 0 spiro atoms. The molecule has 108 valence electrons. The number of methoxy groups -OCH3 is 1. The molecule has 0 radical (unpaired) electrons. The van der Waals surface area contributed by atoms with Crippen LogP contribution in [-0.2, 0) is 14.3 Å². The summed E-state index contributed by atoms with van der Waals surface area (Å²) in [5.74, 6) is -1.28. The fourth-order valence-corrected chi connectivity index (χ4v) is 1.57. The molecule has 0 bridgehead atoms. The molecule has 0 aliphatic rings. The first-order valence-corrected chi connectivity index (χ1v) is 6.29. The lowest BCUT2D eigenvalue weighted by molar-refractivity contribution is -0.145. The third-order valence-corrected chi connectivity index (χ3v) is 2.67. The van der Waals surface area contributed by atoms with Gasteiger partial charge in [-0.2, -0.15) is 0 Å². The lowest BCUT2D eigenvalue weighted by Gasteiger charge is -2.14. The van der Waals surface area contributed by atoms with Gasteiger partial charge >= 0.3 is 5.97 Å². The second-order valence-corrected chi connectivity index (χ2v) is 4.10. The molecule has 2 amide bonds. The Kier molecular flexibility index (Phi) is 6.22. The molecule has 0 aromatic heterocycles. The molecular weight excluding hydrogens is 260 g/mol. The van der Waals surface area contributed by atoms with Crippen LogP contribution in [0.1, 0.15) is 23.7 Å². The zero-order chi connectivity index (χ0) is 15.0. The first kappa shape index (κ1) is 15.7. The highest BCUT2D eigenvalue weighted by Crippen LogP contribution is 1.97. The summed E-state index contributed by atoms with van der Waals surface area (Å²) < 4.78 is 4.56. The van der Waals surface area contributed by atoms with E-state index in [1.807, 2.05) is 0 Å². The van der Waals surface area contributed by atoms with Crippen LogP contribution in [0.2, 0.25) is 0 Å². The highest BCUT2D eigenvalue weighted by molar-refractivity contribution is 5.96. The first-order chi connectivity index (χ1) is 9.58. The zero-order valence-electron chi connectivity index (χ0n) is 11.5. The maximum absolute atomic E-state index is 11.7. The minimum Gasteiger partial charge on any atom is -0.467 e. The number of hydrogen-bond donors (Lipinski definition) is 2. The monoisotopic (exact) mass is 278 g/mol. The standard InChI is InChI=1S/C14H18N2O4/c1-3-11(14(19)20-2)16-12(17)9-15-13(18)10-7-5-4-6-8-10/h4-8,11H,3,9H2,1-2H3,(H,15,18)(H,16,17). The molecule has 20 heavy (non-hydrogen) atoms. The van der Waals surface area contributed by atoms with E-state index in [2.05, 4.69) is 15.4 Å². The second-order valence-electron chi connectivity index (χ2n) is 4.10. The van der Waals surface area contributed by atoms with Gasteiger partial charge in [-0.05, 0) is 18.6 Å². The smallest absolute Gasteiger partial charge is 0.328 e. The van der Waals surface area contributed by atoms with Crippen molar-refractivity contribution in [2.75, 3.05) is 13.7 Å². The zero-order valence-corrected chi connectivity index (χ0v) is 11.5. The van der Waals surface area contributed by atoms with Crippen LogP contribution in [0.3, 0.4) is 0 Å². The van der Waals surface area contributed by atoms with Crippen LogP contribution in [-0.4, -0.2) is 37.5 Å². The van der Waals surface area contributed by atoms with Crippen LogP contribution >= 0.6 is 0 Å². The lowest BCUT2D eigenvalue weighted by Crippen LogP contribution is -2.45. The summed E-state index contributed by atoms with van der Waals surface area (Å²) in [6.07, 6.45) is 0.422. The van der Waals surface area contributed by atoms with E-state index in [0.717, 1.165) is 0 Å². The molecule has 0 saturated carbocycles. The number of ether oxygens (including phenoxy) is 1. The predicted octanol–water partition coefficient (Wildman–Crippen LogP) is 0.484. The van der Waals surface area contributed by atoms with Crippen molar-refractivity contribution in [1.82, 2.24) is 10.6 Å². The van der Waals surface area contributed by atoms with E-state index in [1.165, 1.54) is 7.11 Å². The molecule has 1 rings (SSSR count). The van der Waals surface area contributed by atoms with Crippen molar-refractivity contribution >= 4 is 17.8 Å². The van der Waals surface area contributed by atoms with Gasteiger partial charge in [0.05, 0.1) is 13.7 Å². The highest BCUT2D eigenvalue weighted by atomic mass is 16.5. The summed E-state index contributed by atoms with van der Waals surface area (Å²) in [5.41, 5.74) is 0.473. The molecule has 1 aromatic rings. The molecule has 1 aromatic carbocycles. The Hall–Kier alpha value is -2.37. The van der Waals surface area contributed by atoms with Crippen molar-refractivity contribution in [3.8, 4) is 0 Å². The number of esters is 1. The van der Waals surface area contributed by atoms with Crippen molar-refractivity contribution in [3.05, 3.63) is 35.9 Å². The average molecular weight is 278 g/mol. The molecule has 1 unspecified atom stereocenters. The number of nitrogens with one attached hydrogen (secondary N) is 2. The highest BCUT2D eigenvalue weighted by Gasteiger charge is 2.19. The van der Waals surface area contributed by atoms with Gasteiger partial charge in [-0.3, -0.25) is 9.59 Å². The minimum absolute atomic E-state index is 0.193. The minimum atomic E-state index is -0.693. The van der Waals surface area contributed by atoms with E-state index in [-0.39, 0.29) is 12.5 Å². The number of hydrogen-bond acceptors (Lipinski definition) is 4. The fourth-order valence-electron chi connectivity index (χ4n) is 1.57. The number of carbonyl (C=O) groups is 3. The molecule has 1 atom stereocenters. The van der Waals surface area contributed by atoms with Crippen LogP contribution in [0.15, 0.2) is 30.3 Å². The number of benzene rings is 1. The third-order valence-electron chi connectivity index (χ3n) is 2.67. The third kappa shape index (κ3) is 4.72. The van der Waals surface area contributed by atoms with Crippen LogP contribution in [0.4, 0.5) is 0 Å². The van der Waals surface area contributed by atoms with Crippen molar-refractivity contribution in [2.45, 2.75) is 19.4 Å². The fraction of sp³-hybridized carbons (Fsp3) is 0.357. The molecule has 0 aliphatic heterocycles. The predicted molar refractivity (Wildman–Crippen MR) is 73.0 cm³/mol. The van der Waals surface area contributed by atoms with E-state index in [9.17, 15) is 14.4 Å². The summed E-state index contributed by atoms with van der Waals surface area (Å²) in [7, 11) is 1.26. The van der Waals surface area contributed by atoms with Gasteiger partial charge in [0.25, 0.3) is 5.91 Å². The molecule has 6 heteroatoms. The Balaban J connectivity index is 2.43. The van der Waals surface area contributed by atoms with E-state index >= 15 is 0 Å². The maximum Gasteiger partial charge on any atom is 0.328 e. The van der Waals surface area contributed by atoms with E-state index < -0.39 is 17.9 Å². The van der Waals surface area contributed by atoms with Crippen molar-refractivity contribution in [3.63, 3.8) is 0 Å². The molecule has 2 N–H and O–H groups in total. The van der Waals surface area contributed by atoms with E-state index in [0.29, 0.717) is 12.0 Å². The normalized spacial score (nSPS) is 11.3. The van der Waals surface area contributed by atoms with Gasteiger partial charge in [-0.1, -0.05) is 25.1 Å². The SMILES string of the molecule is CCC(NC(=O)CNC(=O)c1ccccc1)C(=O)OC. The van der Waals surface area contributed by atoms with Crippen molar-refractivity contribution in [1.29, 1.82) is 0 Å². The van der Waals surface area contributed by atoms with Crippen LogP contribution in [0.5, 0.6) is 0 Å². The quantitative estimate of drug-likeness (QED) is 0.741. The Bertz CT molecular complexity index is 473. The average Bonchev–Trinajstić information content (AvgIpc) is 2.50. The van der Waals surface area contributed by atoms with Crippen LogP contribution in [0, 0.1) is 0 Å². The summed E-state index contributed by atoms with van der Waals surface area (Å²) >= 11 is 0. The summed E-state index contributed by atoms with van der Waals surface area (Å²) in [6, 6.07) is 7.87. The van der Waals surface area contributed by atoms with Gasteiger partial charge in [-0.25, -0.2) is 4.79 Å². The Morgan fingerprint density at radius 3 is 2.40 bits per heavy atom. The van der Waals surface area contributed by atoms with Gasteiger partial charge in [0.1, 0.15) is 6.04 Å². The van der Waals surface area contributed by atoms with E-state index in [1.54, 1.807) is 37.3 Å². The molecule has 0 saturated heterocycles. The summed E-state index contributed by atoms with van der Waals surface area (Å²) in [5, 5.41) is 4.98. The van der Waals surface area contributed by atoms with Crippen molar-refractivity contribution in [2.24, 2.45) is 0 Å². The molecule has 0 fully saturated rings. The molecule has 0 aliphatic carbocycles. The topological polar surface area (TPSA) is 84.5 Å². The number of rotatable bonds is 6. The largest absolute Gasteiger partial charge is 0.467 e. The second kappa shape index (κ2) is 7.93. The van der Waals surface area contributed by atoms with E-state index in [4.69, 9.17) is 0 Å². The van der Waals surface area contributed by atoms with Gasteiger partial charge in [0.15, 0.2) is 0 Å². The number of carbonyl (C=O) groups excluding carboxylic acids is 3. The number of amides is 2. The summed E-state index contributed by atoms with van der Waals surface area (Å²) in [6.45, 7) is 1.56. The Labute approximate surface area is 117 Å². The van der Waals surface area contributed by atoms with Gasteiger partial charge in [0, 0.05) is 5.56 Å². The summed E-state index contributed by atoms with van der Waals surface area (Å²) in [4.78, 5) is 34.7. The van der Waals surface area contributed by atoms with Crippen molar-refractivity contribution < 1.29 is 19.1 Å².